The first kappa shape index (κ1) is 18.6. The van der Waals surface area contributed by atoms with Gasteiger partial charge in [0.1, 0.15) is 5.82 Å². The van der Waals surface area contributed by atoms with Crippen LogP contribution in [-0.2, 0) is 13.0 Å². The summed E-state index contributed by atoms with van der Waals surface area (Å²) in [4.78, 5) is 27.5. The minimum Gasteiger partial charge on any atom is -0.359 e. The standard InChI is InChI=1S/C22H24N4OS/c1-3-12-25(2)21-17-15-26(22(27)19-10-7-14-28-19)13-11-18(17)23-20(24-21)16-8-5-4-6-9-16/h4-10,14H,3,11-13,15H2,1-2H3. The van der Waals surface area contributed by atoms with E-state index in [4.69, 9.17) is 9.97 Å². The van der Waals surface area contributed by atoms with Crippen molar-refractivity contribution in [3.05, 3.63) is 64.0 Å². The van der Waals surface area contributed by atoms with E-state index in [0.717, 1.165) is 52.7 Å². The molecule has 0 radical (unpaired) electrons. The lowest BCUT2D eigenvalue weighted by atomic mass is 10.0. The van der Waals surface area contributed by atoms with Gasteiger partial charge in [-0.3, -0.25) is 4.79 Å². The number of benzene rings is 1. The van der Waals surface area contributed by atoms with E-state index in [2.05, 4.69) is 18.9 Å². The minimum atomic E-state index is 0.0943. The van der Waals surface area contributed by atoms with Gasteiger partial charge >= 0.3 is 0 Å². The Balaban J connectivity index is 1.72. The van der Waals surface area contributed by atoms with E-state index in [1.165, 1.54) is 11.3 Å². The van der Waals surface area contributed by atoms with Crippen LogP contribution in [0.15, 0.2) is 47.8 Å². The van der Waals surface area contributed by atoms with Gasteiger partial charge < -0.3 is 9.80 Å². The monoisotopic (exact) mass is 392 g/mol. The quantitative estimate of drug-likeness (QED) is 0.651. The predicted molar refractivity (Wildman–Crippen MR) is 114 cm³/mol. The summed E-state index contributed by atoms with van der Waals surface area (Å²) in [5.41, 5.74) is 3.15. The second-order valence-corrected chi connectivity index (χ2v) is 7.99. The molecule has 0 aliphatic carbocycles. The van der Waals surface area contributed by atoms with Gasteiger partial charge in [0.25, 0.3) is 5.91 Å². The van der Waals surface area contributed by atoms with Crippen LogP contribution in [0.1, 0.15) is 34.3 Å². The highest BCUT2D eigenvalue weighted by Crippen LogP contribution is 2.30. The number of hydrogen-bond acceptors (Lipinski definition) is 5. The van der Waals surface area contributed by atoms with Crippen LogP contribution in [0.5, 0.6) is 0 Å². The van der Waals surface area contributed by atoms with Crippen LogP contribution in [0.2, 0.25) is 0 Å². The first-order valence-corrected chi connectivity index (χ1v) is 10.5. The van der Waals surface area contributed by atoms with Crippen molar-refractivity contribution in [3.63, 3.8) is 0 Å². The van der Waals surface area contributed by atoms with Crippen molar-refractivity contribution in [2.45, 2.75) is 26.3 Å². The van der Waals surface area contributed by atoms with Gasteiger partial charge in [-0.25, -0.2) is 9.97 Å². The number of nitrogens with zero attached hydrogens (tertiary/aromatic N) is 4. The summed E-state index contributed by atoms with van der Waals surface area (Å²) in [6.45, 7) is 4.32. The van der Waals surface area contributed by atoms with Gasteiger partial charge in [0.2, 0.25) is 0 Å². The highest BCUT2D eigenvalue weighted by molar-refractivity contribution is 7.12. The maximum Gasteiger partial charge on any atom is 0.264 e. The molecule has 1 amide bonds. The fraction of sp³-hybridized carbons (Fsp3) is 0.318. The molecule has 1 aromatic carbocycles. The maximum atomic E-state index is 12.8. The van der Waals surface area contributed by atoms with E-state index in [9.17, 15) is 4.79 Å². The Bertz CT molecular complexity index is 956. The Kier molecular flexibility index (Phi) is 5.39. The van der Waals surface area contributed by atoms with Crippen molar-refractivity contribution in [3.8, 4) is 11.4 Å². The summed E-state index contributed by atoms with van der Waals surface area (Å²) < 4.78 is 0. The van der Waals surface area contributed by atoms with Crippen molar-refractivity contribution >= 4 is 23.1 Å². The Morgan fingerprint density at radius 1 is 1.18 bits per heavy atom. The van der Waals surface area contributed by atoms with Crippen LogP contribution >= 0.6 is 11.3 Å². The van der Waals surface area contributed by atoms with Gasteiger partial charge in [0.05, 0.1) is 17.1 Å². The van der Waals surface area contributed by atoms with Gasteiger partial charge in [-0.2, -0.15) is 0 Å². The second-order valence-electron chi connectivity index (χ2n) is 7.04. The SMILES string of the molecule is CCCN(C)c1nc(-c2ccccc2)nc2c1CN(C(=O)c1cccs1)CC2. The van der Waals surface area contributed by atoms with Gasteiger partial charge in [0.15, 0.2) is 5.82 Å². The average molecular weight is 393 g/mol. The van der Waals surface area contributed by atoms with Crippen molar-refractivity contribution in [1.82, 2.24) is 14.9 Å². The fourth-order valence-corrected chi connectivity index (χ4v) is 4.29. The molecular formula is C22H24N4OS. The number of hydrogen-bond donors (Lipinski definition) is 0. The van der Waals surface area contributed by atoms with Crippen LogP contribution in [0.4, 0.5) is 5.82 Å². The molecular weight excluding hydrogens is 368 g/mol. The van der Waals surface area contributed by atoms with Crippen molar-refractivity contribution in [1.29, 1.82) is 0 Å². The zero-order valence-corrected chi connectivity index (χ0v) is 17.1. The lowest BCUT2D eigenvalue weighted by Gasteiger charge is -2.31. The molecule has 3 heterocycles. The second kappa shape index (κ2) is 8.10. The first-order valence-electron chi connectivity index (χ1n) is 9.66. The summed E-state index contributed by atoms with van der Waals surface area (Å²) in [5.74, 6) is 1.79. The van der Waals surface area contributed by atoms with Crippen LogP contribution in [0.3, 0.4) is 0 Å². The van der Waals surface area contributed by atoms with Crippen molar-refractivity contribution in [2.75, 3.05) is 25.0 Å². The predicted octanol–water partition coefficient (Wildman–Crippen LogP) is 4.25. The Morgan fingerprint density at radius 3 is 2.71 bits per heavy atom. The molecule has 0 saturated heterocycles. The molecule has 6 heteroatoms. The Hall–Kier alpha value is -2.73. The normalized spacial score (nSPS) is 13.3. The number of amides is 1. The number of aromatic nitrogens is 2. The van der Waals surface area contributed by atoms with Gasteiger partial charge in [0, 0.05) is 37.7 Å². The molecule has 0 saturated carbocycles. The molecule has 0 fully saturated rings. The molecule has 2 aromatic heterocycles. The molecule has 28 heavy (non-hydrogen) atoms. The highest BCUT2D eigenvalue weighted by Gasteiger charge is 2.27. The number of carbonyl (C=O) groups is 1. The third kappa shape index (κ3) is 3.64. The lowest BCUT2D eigenvalue weighted by molar-refractivity contribution is 0.0738. The number of rotatable bonds is 5. The van der Waals surface area contributed by atoms with E-state index in [0.29, 0.717) is 13.1 Å². The highest BCUT2D eigenvalue weighted by atomic mass is 32.1. The van der Waals surface area contributed by atoms with Crippen molar-refractivity contribution in [2.24, 2.45) is 0 Å². The van der Waals surface area contributed by atoms with E-state index in [1.54, 1.807) is 0 Å². The van der Waals surface area contributed by atoms with E-state index in [-0.39, 0.29) is 5.91 Å². The average Bonchev–Trinajstić information content (AvgIpc) is 3.27. The Morgan fingerprint density at radius 2 is 2.00 bits per heavy atom. The summed E-state index contributed by atoms with van der Waals surface area (Å²) in [5, 5.41) is 1.95. The molecule has 0 N–H and O–H groups in total. The van der Waals surface area contributed by atoms with E-state index < -0.39 is 0 Å². The number of anilines is 1. The van der Waals surface area contributed by atoms with Gasteiger partial charge in [-0.05, 0) is 17.9 Å². The topological polar surface area (TPSA) is 49.3 Å². The van der Waals surface area contributed by atoms with Crippen molar-refractivity contribution < 1.29 is 4.79 Å². The summed E-state index contributed by atoms with van der Waals surface area (Å²) in [6, 6.07) is 13.9. The number of thiophene rings is 1. The summed E-state index contributed by atoms with van der Waals surface area (Å²) in [7, 11) is 2.07. The molecule has 5 nitrogen and oxygen atoms in total. The minimum absolute atomic E-state index is 0.0943. The number of fused-ring (bicyclic) bond motifs is 1. The molecule has 0 spiro atoms. The molecule has 4 rings (SSSR count). The molecule has 3 aromatic rings. The Labute approximate surface area is 169 Å². The summed E-state index contributed by atoms with van der Waals surface area (Å²) >= 11 is 1.49. The molecule has 144 valence electrons. The zero-order chi connectivity index (χ0) is 19.5. The van der Waals surface area contributed by atoms with Crippen LogP contribution in [0, 0.1) is 0 Å². The number of carbonyl (C=O) groups excluding carboxylic acids is 1. The van der Waals surface area contributed by atoms with Crippen LogP contribution in [0.25, 0.3) is 11.4 Å². The molecule has 0 unspecified atom stereocenters. The smallest absolute Gasteiger partial charge is 0.264 e. The largest absolute Gasteiger partial charge is 0.359 e. The van der Waals surface area contributed by atoms with E-state index >= 15 is 0 Å². The fourth-order valence-electron chi connectivity index (χ4n) is 3.60. The van der Waals surface area contributed by atoms with Crippen LogP contribution in [-0.4, -0.2) is 40.9 Å². The lowest BCUT2D eigenvalue weighted by Crippen LogP contribution is -2.37. The molecule has 1 aliphatic rings. The zero-order valence-electron chi connectivity index (χ0n) is 16.3. The van der Waals surface area contributed by atoms with Gasteiger partial charge in [-0.15, -0.1) is 11.3 Å². The summed E-state index contributed by atoms with van der Waals surface area (Å²) in [6.07, 6.45) is 1.79. The molecule has 1 aliphatic heterocycles. The first-order chi connectivity index (χ1) is 13.7. The van der Waals surface area contributed by atoms with Gasteiger partial charge in [-0.1, -0.05) is 43.3 Å². The molecule has 0 atom stereocenters. The maximum absolute atomic E-state index is 12.8. The third-order valence-corrected chi connectivity index (χ3v) is 5.87. The van der Waals surface area contributed by atoms with Crippen LogP contribution < -0.4 is 4.90 Å². The molecule has 0 bridgehead atoms. The van der Waals surface area contributed by atoms with E-state index in [1.807, 2.05) is 52.7 Å². The third-order valence-electron chi connectivity index (χ3n) is 5.01.